The van der Waals surface area contributed by atoms with Gasteiger partial charge in [0.05, 0.1) is 5.75 Å². The maximum Gasteiger partial charge on any atom is 0.332 e. The van der Waals surface area contributed by atoms with Crippen LogP contribution in [0.5, 0.6) is 11.5 Å². The lowest BCUT2D eigenvalue weighted by molar-refractivity contribution is 0.102. The molecule has 0 radical (unpaired) electrons. The van der Waals surface area contributed by atoms with E-state index < -0.39 is 11.2 Å². The third-order valence-electron chi connectivity index (χ3n) is 4.84. The summed E-state index contributed by atoms with van der Waals surface area (Å²) in [6.45, 7) is 6.22. The second-order valence-corrected chi connectivity index (χ2v) is 8.67. The second kappa shape index (κ2) is 8.18. The van der Waals surface area contributed by atoms with Crippen LogP contribution in [0.25, 0.3) is 11.0 Å². The van der Waals surface area contributed by atoms with Gasteiger partial charge in [-0.05, 0) is 31.0 Å². The van der Waals surface area contributed by atoms with Gasteiger partial charge in [-0.3, -0.25) is 18.7 Å². The average molecular weight is 442 g/mol. The molecule has 3 aromatic rings. The molecule has 1 aromatic carbocycles. The van der Waals surface area contributed by atoms with Gasteiger partial charge in [-0.15, -0.1) is 0 Å². The summed E-state index contributed by atoms with van der Waals surface area (Å²) in [6, 6.07) is 5.03. The van der Waals surface area contributed by atoms with E-state index in [1.807, 2.05) is 13.8 Å². The Morgan fingerprint density at radius 2 is 1.94 bits per heavy atom. The lowest BCUT2D eigenvalue weighted by Gasteiger charge is -2.15. The highest BCUT2D eigenvalue weighted by Crippen LogP contribution is 2.33. The van der Waals surface area contributed by atoms with E-state index in [-0.39, 0.29) is 29.6 Å². The quantitative estimate of drug-likeness (QED) is 0.325. The van der Waals surface area contributed by atoms with Crippen LogP contribution in [0.4, 0.5) is 0 Å². The van der Waals surface area contributed by atoms with E-state index >= 15 is 0 Å². The van der Waals surface area contributed by atoms with Crippen LogP contribution >= 0.6 is 11.8 Å². The van der Waals surface area contributed by atoms with Crippen LogP contribution in [0.1, 0.15) is 30.0 Å². The number of hydrogen-bond donors (Lipinski definition) is 0. The van der Waals surface area contributed by atoms with Crippen LogP contribution in [-0.4, -0.2) is 37.4 Å². The fraction of sp³-hybridized carbons (Fsp3) is 0.381. The molecule has 0 bridgehead atoms. The molecule has 162 valence electrons. The Morgan fingerprint density at radius 1 is 1.19 bits per heavy atom. The Balaban J connectivity index is 1.72. The van der Waals surface area contributed by atoms with E-state index in [4.69, 9.17) is 9.47 Å². The topological polar surface area (TPSA) is 105 Å². The van der Waals surface area contributed by atoms with Gasteiger partial charge in [-0.25, -0.2) is 14.8 Å². The van der Waals surface area contributed by atoms with Crippen molar-refractivity contribution >= 4 is 28.6 Å². The third-order valence-corrected chi connectivity index (χ3v) is 5.82. The first-order chi connectivity index (χ1) is 14.8. The number of hydrogen-bond acceptors (Lipinski definition) is 8. The van der Waals surface area contributed by atoms with Crippen molar-refractivity contribution in [1.82, 2.24) is 19.1 Å². The van der Waals surface area contributed by atoms with Gasteiger partial charge < -0.3 is 9.47 Å². The summed E-state index contributed by atoms with van der Waals surface area (Å²) in [5, 5.41) is 0.631. The molecule has 0 fully saturated rings. The van der Waals surface area contributed by atoms with Gasteiger partial charge in [0.15, 0.2) is 22.9 Å². The first kappa shape index (κ1) is 21.1. The molecule has 9 nitrogen and oxygen atoms in total. The Kier molecular flexibility index (Phi) is 5.57. The first-order valence-electron chi connectivity index (χ1n) is 9.80. The lowest BCUT2D eigenvalue weighted by Crippen LogP contribution is -2.39. The third kappa shape index (κ3) is 3.95. The standard InChI is InChI=1S/C21H22N4O5S/c1-11(2)8-25-18-17(20(27)24(4)21(25)28)19(23-12(3)22-18)31-9-14(26)13-5-6-15-16(7-13)30-10-29-15/h5-7,11H,8-10H2,1-4H3. The predicted octanol–water partition coefficient (Wildman–Crippen LogP) is 2.16. The summed E-state index contributed by atoms with van der Waals surface area (Å²) in [5.41, 5.74) is -0.112. The lowest BCUT2D eigenvalue weighted by atomic mass is 10.1. The average Bonchev–Trinajstić information content (AvgIpc) is 3.20. The highest BCUT2D eigenvalue weighted by atomic mass is 32.2. The smallest absolute Gasteiger partial charge is 0.332 e. The fourth-order valence-corrected chi connectivity index (χ4v) is 4.32. The van der Waals surface area contributed by atoms with Crippen LogP contribution in [0.15, 0.2) is 32.8 Å². The van der Waals surface area contributed by atoms with Crippen molar-refractivity contribution in [3.05, 3.63) is 50.4 Å². The molecule has 3 heterocycles. The number of ether oxygens (including phenoxy) is 2. The predicted molar refractivity (Wildman–Crippen MR) is 116 cm³/mol. The molecule has 10 heteroatoms. The van der Waals surface area contributed by atoms with Crippen molar-refractivity contribution in [2.24, 2.45) is 13.0 Å². The first-order valence-corrected chi connectivity index (χ1v) is 10.8. The number of carbonyl (C=O) groups excluding carboxylic acids is 1. The van der Waals surface area contributed by atoms with Crippen molar-refractivity contribution in [3.63, 3.8) is 0 Å². The van der Waals surface area contributed by atoms with Crippen molar-refractivity contribution in [2.75, 3.05) is 12.5 Å². The van der Waals surface area contributed by atoms with E-state index in [1.54, 1.807) is 25.1 Å². The maximum absolute atomic E-state index is 12.9. The molecule has 0 N–H and O–H groups in total. The summed E-state index contributed by atoms with van der Waals surface area (Å²) < 4.78 is 13.2. The highest BCUT2D eigenvalue weighted by molar-refractivity contribution is 8.00. The van der Waals surface area contributed by atoms with E-state index in [9.17, 15) is 14.4 Å². The molecule has 0 atom stereocenters. The Bertz CT molecular complexity index is 1310. The molecule has 2 aromatic heterocycles. The van der Waals surface area contributed by atoms with Crippen molar-refractivity contribution in [2.45, 2.75) is 32.3 Å². The molecule has 1 aliphatic heterocycles. The largest absolute Gasteiger partial charge is 0.454 e. The van der Waals surface area contributed by atoms with Crippen LogP contribution in [0.2, 0.25) is 0 Å². The number of fused-ring (bicyclic) bond motifs is 2. The van der Waals surface area contributed by atoms with Gasteiger partial charge in [-0.2, -0.15) is 0 Å². The highest BCUT2D eigenvalue weighted by Gasteiger charge is 2.21. The number of aryl methyl sites for hydroxylation is 1. The van der Waals surface area contributed by atoms with E-state index in [2.05, 4.69) is 9.97 Å². The van der Waals surface area contributed by atoms with Crippen molar-refractivity contribution in [1.29, 1.82) is 0 Å². The Hall–Kier alpha value is -3.14. The molecule has 0 saturated heterocycles. The monoisotopic (exact) mass is 442 g/mol. The number of Topliss-reactive ketones (excluding diaryl/α,β-unsaturated/α-hetero) is 1. The van der Waals surface area contributed by atoms with Crippen LogP contribution < -0.4 is 20.7 Å². The summed E-state index contributed by atoms with van der Waals surface area (Å²) in [6.07, 6.45) is 0. The molecule has 4 rings (SSSR count). The fourth-order valence-electron chi connectivity index (χ4n) is 3.36. The van der Waals surface area contributed by atoms with Gasteiger partial charge >= 0.3 is 5.69 Å². The Labute approximate surface area is 182 Å². The second-order valence-electron chi connectivity index (χ2n) is 7.71. The summed E-state index contributed by atoms with van der Waals surface area (Å²) in [5.74, 6) is 1.67. The molecule has 0 spiro atoms. The van der Waals surface area contributed by atoms with Gasteiger partial charge in [0.1, 0.15) is 16.2 Å². The van der Waals surface area contributed by atoms with Gasteiger partial charge in [0.25, 0.3) is 5.56 Å². The summed E-state index contributed by atoms with van der Waals surface area (Å²) in [7, 11) is 1.44. The number of nitrogens with zero attached hydrogens (tertiary/aromatic N) is 4. The van der Waals surface area contributed by atoms with Gasteiger partial charge in [0.2, 0.25) is 6.79 Å². The molecule has 0 unspecified atom stereocenters. The molecular weight excluding hydrogens is 420 g/mol. The zero-order chi connectivity index (χ0) is 22.3. The van der Waals surface area contributed by atoms with Crippen LogP contribution in [0, 0.1) is 12.8 Å². The number of aromatic nitrogens is 4. The molecule has 0 aliphatic carbocycles. The summed E-state index contributed by atoms with van der Waals surface area (Å²) in [4.78, 5) is 47.1. The number of rotatable bonds is 6. The molecular formula is C21H22N4O5S. The van der Waals surface area contributed by atoms with Gasteiger partial charge in [-0.1, -0.05) is 25.6 Å². The van der Waals surface area contributed by atoms with Crippen molar-refractivity contribution in [3.8, 4) is 11.5 Å². The van der Waals surface area contributed by atoms with E-state index in [1.165, 1.54) is 11.6 Å². The van der Waals surface area contributed by atoms with Crippen LogP contribution in [0.3, 0.4) is 0 Å². The number of thioether (sulfide) groups is 1. The van der Waals surface area contributed by atoms with Crippen molar-refractivity contribution < 1.29 is 14.3 Å². The molecule has 0 saturated carbocycles. The minimum absolute atomic E-state index is 0.0671. The zero-order valence-electron chi connectivity index (χ0n) is 17.7. The van der Waals surface area contributed by atoms with Crippen LogP contribution in [-0.2, 0) is 13.6 Å². The Morgan fingerprint density at radius 3 is 2.68 bits per heavy atom. The molecule has 1 aliphatic rings. The van der Waals surface area contributed by atoms with E-state index in [0.29, 0.717) is 40.1 Å². The SMILES string of the molecule is Cc1nc(SCC(=O)c2ccc3c(c2)OCO3)c2c(=O)n(C)c(=O)n(CC(C)C)c2n1. The van der Waals surface area contributed by atoms with E-state index in [0.717, 1.165) is 16.3 Å². The number of carbonyl (C=O) groups is 1. The summed E-state index contributed by atoms with van der Waals surface area (Å²) >= 11 is 1.16. The maximum atomic E-state index is 12.9. The minimum Gasteiger partial charge on any atom is -0.454 e. The zero-order valence-corrected chi connectivity index (χ0v) is 18.5. The molecule has 31 heavy (non-hydrogen) atoms. The number of benzene rings is 1. The normalized spacial score (nSPS) is 12.7. The number of ketones is 1. The molecule has 0 amide bonds. The minimum atomic E-state index is -0.474. The van der Waals surface area contributed by atoms with Gasteiger partial charge in [0, 0.05) is 19.2 Å².